The van der Waals surface area contributed by atoms with Gasteiger partial charge in [0, 0.05) is 5.56 Å². The Labute approximate surface area is 87.2 Å². The maximum absolute atomic E-state index is 9.14. The largest absolute Gasteiger partial charge is 0.508 e. The van der Waals surface area contributed by atoms with E-state index in [1.54, 1.807) is 24.3 Å². The molecule has 0 unspecified atom stereocenters. The lowest BCUT2D eigenvalue weighted by atomic mass is 10.1. The SMILES string of the molecule is Oc1ccc(C2(CCl)OCCO2)cc1. The van der Waals surface area contributed by atoms with Gasteiger partial charge >= 0.3 is 0 Å². The van der Waals surface area contributed by atoms with Crippen LogP contribution in [0.1, 0.15) is 5.56 Å². The summed E-state index contributed by atoms with van der Waals surface area (Å²) in [4.78, 5) is 0. The predicted molar refractivity (Wildman–Crippen MR) is 52.4 cm³/mol. The number of rotatable bonds is 2. The molecule has 0 aromatic heterocycles. The molecule has 0 spiro atoms. The lowest BCUT2D eigenvalue weighted by Crippen LogP contribution is -2.28. The van der Waals surface area contributed by atoms with Crippen molar-refractivity contribution in [2.24, 2.45) is 0 Å². The Kier molecular flexibility index (Phi) is 2.63. The average Bonchev–Trinajstić information content (AvgIpc) is 2.68. The zero-order chi connectivity index (χ0) is 10.0. The minimum Gasteiger partial charge on any atom is -0.508 e. The van der Waals surface area contributed by atoms with E-state index in [1.165, 1.54) is 0 Å². The summed E-state index contributed by atoms with van der Waals surface area (Å²) in [5.74, 6) is -0.357. The second-order valence-electron chi connectivity index (χ2n) is 3.13. The van der Waals surface area contributed by atoms with Crippen LogP contribution in [-0.4, -0.2) is 24.2 Å². The Morgan fingerprint density at radius 2 is 1.79 bits per heavy atom. The van der Waals surface area contributed by atoms with Crippen molar-refractivity contribution in [2.45, 2.75) is 5.79 Å². The molecule has 1 saturated heterocycles. The Hall–Kier alpha value is -0.770. The second kappa shape index (κ2) is 3.77. The van der Waals surface area contributed by atoms with Crippen LogP contribution in [0.3, 0.4) is 0 Å². The minimum atomic E-state index is -0.824. The molecule has 1 aliphatic heterocycles. The molecule has 0 atom stereocenters. The van der Waals surface area contributed by atoms with Crippen LogP contribution in [0, 0.1) is 0 Å². The normalized spacial score (nSPS) is 19.8. The van der Waals surface area contributed by atoms with Crippen LogP contribution >= 0.6 is 11.6 Å². The van der Waals surface area contributed by atoms with Gasteiger partial charge in [0.15, 0.2) is 0 Å². The van der Waals surface area contributed by atoms with Gasteiger partial charge in [0.2, 0.25) is 5.79 Å². The highest BCUT2D eigenvalue weighted by Crippen LogP contribution is 2.33. The van der Waals surface area contributed by atoms with Gasteiger partial charge in [0.1, 0.15) is 5.75 Å². The van der Waals surface area contributed by atoms with Crippen molar-refractivity contribution in [3.8, 4) is 5.75 Å². The topological polar surface area (TPSA) is 38.7 Å². The number of phenolic OH excluding ortho intramolecular Hbond substituents is 1. The summed E-state index contributed by atoms with van der Waals surface area (Å²) in [5, 5.41) is 9.14. The van der Waals surface area contributed by atoms with Gasteiger partial charge < -0.3 is 14.6 Å². The van der Waals surface area contributed by atoms with E-state index < -0.39 is 5.79 Å². The standard InChI is InChI=1S/C10H11ClO3/c11-7-10(13-5-6-14-10)8-1-3-9(12)4-2-8/h1-4,12H,5-7H2. The molecule has 1 fully saturated rings. The quantitative estimate of drug-likeness (QED) is 0.764. The van der Waals surface area contributed by atoms with Crippen molar-refractivity contribution in [1.82, 2.24) is 0 Å². The second-order valence-corrected chi connectivity index (χ2v) is 3.40. The first-order chi connectivity index (χ1) is 6.77. The molecule has 0 radical (unpaired) electrons. The summed E-state index contributed by atoms with van der Waals surface area (Å²) in [6.07, 6.45) is 0. The molecule has 14 heavy (non-hydrogen) atoms. The molecule has 0 aliphatic carbocycles. The van der Waals surface area contributed by atoms with Crippen LogP contribution in [0.5, 0.6) is 5.75 Å². The maximum Gasteiger partial charge on any atom is 0.208 e. The van der Waals surface area contributed by atoms with Crippen LogP contribution in [0.2, 0.25) is 0 Å². The molecule has 1 aromatic rings. The van der Waals surface area contributed by atoms with Crippen molar-refractivity contribution in [3.63, 3.8) is 0 Å². The third-order valence-corrected chi connectivity index (χ3v) is 2.59. The smallest absolute Gasteiger partial charge is 0.208 e. The fraction of sp³-hybridized carbons (Fsp3) is 0.400. The Morgan fingerprint density at radius 1 is 1.21 bits per heavy atom. The molecule has 3 nitrogen and oxygen atoms in total. The first-order valence-corrected chi connectivity index (χ1v) is 4.94. The molecule has 1 aromatic carbocycles. The monoisotopic (exact) mass is 214 g/mol. The molecule has 0 bridgehead atoms. The zero-order valence-corrected chi connectivity index (χ0v) is 8.33. The summed E-state index contributed by atoms with van der Waals surface area (Å²) in [6, 6.07) is 6.69. The first-order valence-electron chi connectivity index (χ1n) is 4.40. The number of phenols is 1. The van der Waals surface area contributed by atoms with E-state index >= 15 is 0 Å². The van der Waals surface area contributed by atoms with Crippen LogP contribution in [0.4, 0.5) is 0 Å². The van der Waals surface area contributed by atoms with E-state index in [0.29, 0.717) is 13.2 Å². The Balaban J connectivity index is 2.31. The van der Waals surface area contributed by atoms with E-state index in [1.807, 2.05) is 0 Å². The summed E-state index contributed by atoms with van der Waals surface area (Å²) in [7, 11) is 0. The van der Waals surface area contributed by atoms with Gasteiger partial charge in [-0.1, -0.05) is 0 Å². The van der Waals surface area contributed by atoms with Crippen LogP contribution in [0.15, 0.2) is 24.3 Å². The van der Waals surface area contributed by atoms with Crippen molar-refractivity contribution in [2.75, 3.05) is 19.1 Å². The number of benzene rings is 1. The summed E-state index contributed by atoms with van der Waals surface area (Å²) >= 11 is 5.83. The van der Waals surface area contributed by atoms with Crippen LogP contribution < -0.4 is 0 Å². The number of hydrogen-bond acceptors (Lipinski definition) is 3. The fourth-order valence-electron chi connectivity index (χ4n) is 1.49. The molecule has 0 saturated carbocycles. The van der Waals surface area contributed by atoms with E-state index in [0.717, 1.165) is 5.56 Å². The number of halogens is 1. The predicted octanol–water partition coefficient (Wildman–Crippen LogP) is 1.83. The molecular weight excluding hydrogens is 204 g/mol. The van der Waals surface area contributed by atoms with Gasteiger partial charge in [-0.15, -0.1) is 11.6 Å². The fourth-order valence-corrected chi connectivity index (χ4v) is 1.80. The number of ether oxygens (including phenoxy) is 2. The van der Waals surface area contributed by atoms with Gasteiger partial charge in [0.05, 0.1) is 19.1 Å². The summed E-state index contributed by atoms with van der Waals surface area (Å²) in [5.41, 5.74) is 0.836. The first kappa shape index (κ1) is 9.77. The highest BCUT2D eigenvalue weighted by molar-refractivity contribution is 6.18. The molecule has 4 heteroatoms. The van der Waals surface area contributed by atoms with E-state index in [9.17, 15) is 0 Å². The molecule has 1 N–H and O–H groups in total. The third kappa shape index (κ3) is 1.59. The molecule has 1 aliphatic rings. The van der Waals surface area contributed by atoms with Crippen molar-refractivity contribution >= 4 is 11.6 Å². The zero-order valence-electron chi connectivity index (χ0n) is 7.57. The highest BCUT2D eigenvalue weighted by atomic mass is 35.5. The van der Waals surface area contributed by atoms with E-state index in [2.05, 4.69) is 0 Å². The molecule has 76 valence electrons. The molecule has 1 heterocycles. The minimum absolute atomic E-state index is 0.219. The molecular formula is C10H11ClO3. The van der Waals surface area contributed by atoms with Crippen molar-refractivity contribution < 1.29 is 14.6 Å². The van der Waals surface area contributed by atoms with E-state index in [4.69, 9.17) is 26.2 Å². The Bertz CT molecular complexity index is 304. The van der Waals surface area contributed by atoms with Crippen molar-refractivity contribution in [1.29, 1.82) is 0 Å². The highest BCUT2D eigenvalue weighted by Gasteiger charge is 2.37. The average molecular weight is 215 g/mol. The Morgan fingerprint density at radius 3 is 2.29 bits per heavy atom. The van der Waals surface area contributed by atoms with Crippen LogP contribution in [0.25, 0.3) is 0 Å². The van der Waals surface area contributed by atoms with Gasteiger partial charge in [-0.25, -0.2) is 0 Å². The van der Waals surface area contributed by atoms with Crippen LogP contribution in [-0.2, 0) is 15.3 Å². The summed E-state index contributed by atoms with van der Waals surface area (Å²) in [6.45, 7) is 1.10. The third-order valence-electron chi connectivity index (χ3n) is 2.24. The molecule has 2 rings (SSSR count). The van der Waals surface area contributed by atoms with E-state index in [-0.39, 0.29) is 11.6 Å². The van der Waals surface area contributed by atoms with Gasteiger partial charge in [-0.3, -0.25) is 0 Å². The lowest BCUT2D eigenvalue weighted by molar-refractivity contribution is -0.146. The van der Waals surface area contributed by atoms with Gasteiger partial charge in [0.25, 0.3) is 0 Å². The maximum atomic E-state index is 9.14. The van der Waals surface area contributed by atoms with Gasteiger partial charge in [-0.05, 0) is 24.3 Å². The number of alkyl halides is 1. The number of aromatic hydroxyl groups is 1. The summed E-state index contributed by atoms with van der Waals surface area (Å²) < 4.78 is 11.0. The van der Waals surface area contributed by atoms with Crippen molar-refractivity contribution in [3.05, 3.63) is 29.8 Å². The van der Waals surface area contributed by atoms with Gasteiger partial charge in [-0.2, -0.15) is 0 Å². The number of hydrogen-bond donors (Lipinski definition) is 1. The molecule has 0 amide bonds. The lowest BCUT2D eigenvalue weighted by Gasteiger charge is -2.25.